The summed E-state index contributed by atoms with van der Waals surface area (Å²) in [6, 6.07) is 5.04. The fourth-order valence-corrected chi connectivity index (χ4v) is 1.34. The third-order valence-corrected chi connectivity index (χ3v) is 2.37. The van der Waals surface area contributed by atoms with Gasteiger partial charge in [0.1, 0.15) is 10.8 Å². The van der Waals surface area contributed by atoms with E-state index in [-0.39, 0.29) is 5.91 Å². The minimum atomic E-state index is -0.107. The predicted octanol–water partition coefficient (Wildman–Crippen LogP) is 1.37. The molecule has 0 aliphatic carbocycles. The van der Waals surface area contributed by atoms with E-state index < -0.39 is 0 Å². The molecular formula is C11H16ClN3O. The van der Waals surface area contributed by atoms with Crippen molar-refractivity contribution >= 4 is 17.5 Å². The molecule has 0 unspecified atom stereocenters. The molecule has 0 saturated heterocycles. The van der Waals surface area contributed by atoms with Gasteiger partial charge in [-0.05, 0) is 26.2 Å². The van der Waals surface area contributed by atoms with E-state index in [9.17, 15) is 4.79 Å². The highest BCUT2D eigenvalue weighted by Gasteiger charge is 2.12. The standard InChI is InChI=1S/C11H16ClN3O/c1-14(2)7-8-15(3)11(16)9-5-4-6-10(12)13-9/h4-6H,7-8H2,1-3H3. The number of hydrogen-bond acceptors (Lipinski definition) is 3. The highest BCUT2D eigenvalue weighted by molar-refractivity contribution is 6.29. The molecule has 1 heterocycles. The highest BCUT2D eigenvalue weighted by atomic mass is 35.5. The maximum Gasteiger partial charge on any atom is 0.272 e. The Kier molecular flexibility index (Phi) is 4.71. The van der Waals surface area contributed by atoms with Crippen LogP contribution in [0.1, 0.15) is 10.5 Å². The van der Waals surface area contributed by atoms with Crippen molar-refractivity contribution in [2.75, 3.05) is 34.2 Å². The van der Waals surface area contributed by atoms with Gasteiger partial charge < -0.3 is 9.80 Å². The quantitative estimate of drug-likeness (QED) is 0.747. The molecule has 88 valence electrons. The zero-order valence-electron chi connectivity index (χ0n) is 9.77. The fourth-order valence-electron chi connectivity index (χ4n) is 1.17. The zero-order valence-corrected chi connectivity index (χ0v) is 10.5. The smallest absolute Gasteiger partial charge is 0.272 e. The Morgan fingerprint density at radius 2 is 2.00 bits per heavy atom. The second-order valence-electron chi connectivity index (χ2n) is 3.88. The molecule has 1 amide bonds. The normalized spacial score (nSPS) is 10.6. The Labute approximate surface area is 101 Å². The van der Waals surface area contributed by atoms with Crippen LogP contribution in [0.5, 0.6) is 0 Å². The molecule has 0 bridgehead atoms. The van der Waals surface area contributed by atoms with E-state index in [4.69, 9.17) is 11.6 Å². The molecule has 5 heteroatoms. The van der Waals surface area contributed by atoms with E-state index in [1.54, 1.807) is 30.1 Å². The molecule has 0 aliphatic rings. The average Bonchev–Trinajstić information content (AvgIpc) is 2.24. The van der Waals surface area contributed by atoms with Gasteiger partial charge in [-0.25, -0.2) is 4.98 Å². The molecule has 0 radical (unpaired) electrons. The average molecular weight is 242 g/mol. The number of hydrogen-bond donors (Lipinski definition) is 0. The lowest BCUT2D eigenvalue weighted by molar-refractivity contribution is 0.0780. The van der Waals surface area contributed by atoms with Gasteiger partial charge >= 0.3 is 0 Å². The van der Waals surface area contributed by atoms with Crippen molar-refractivity contribution in [3.63, 3.8) is 0 Å². The summed E-state index contributed by atoms with van der Waals surface area (Å²) >= 11 is 5.73. The molecule has 0 saturated carbocycles. The number of nitrogens with zero attached hydrogens (tertiary/aromatic N) is 3. The number of amides is 1. The van der Waals surface area contributed by atoms with Gasteiger partial charge in [0.25, 0.3) is 5.91 Å². The first-order chi connectivity index (χ1) is 7.50. The van der Waals surface area contributed by atoms with Gasteiger partial charge in [0.2, 0.25) is 0 Å². The topological polar surface area (TPSA) is 36.4 Å². The summed E-state index contributed by atoms with van der Waals surface area (Å²) in [7, 11) is 5.69. The molecule has 0 aromatic carbocycles. The third-order valence-electron chi connectivity index (χ3n) is 2.16. The molecule has 0 spiro atoms. The number of likely N-dealkylation sites (N-methyl/N-ethyl adjacent to an activating group) is 2. The van der Waals surface area contributed by atoms with Crippen LogP contribution in [-0.2, 0) is 0 Å². The first kappa shape index (κ1) is 12.9. The van der Waals surface area contributed by atoms with Crippen LogP contribution < -0.4 is 0 Å². The molecular weight excluding hydrogens is 226 g/mol. The third kappa shape index (κ3) is 3.79. The molecule has 16 heavy (non-hydrogen) atoms. The van der Waals surface area contributed by atoms with E-state index in [1.165, 1.54) is 0 Å². The van der Waals surface area contributed by atoms with E-state index in [0.717, 1.165) is 6.54 Å². The maximum absolute atomic E-state index is 11.9. The van der Waals surface area contributed by atoms with Crippen LogP contribution in [-0.4, -0.2) is 54.9 Å². The summed E-state index contributed by atoms with van der Waals surface area (Å²) < 4.78 is 0. The predicted molar refractivity (Wildman–Crippen MR) is 64.8 cm³/mol. The van der Waals surface area contributed by atoms with Crippen molar-refractivity contribution in [3.8, 4) is 0 Å². The summed E-state index contributed by atoms with van der Waals surface area (Å²) in [5.41, 5.74) is 0.383. The SMILES string of the molecule is CN(C)CCN(C)C(=O)c1cccc(Cl)n1. The van der Waals surface area contributed by atoms with E-state index in [0.29, 0.717) is 17.4 Å². The maximum atomic E-state index is 11.9. The number of halogens is 1. The van der Waals surface area contributed by atoms with E-state index in [1.807, 2.05) is 19.0 Å². The summed E-state index contributed by atoms with van der Waals surface area (Å²) in [6.07, 6.45) is 0. The molecule has 1 aromatic rings. The lowest BCUT2D eigenvalue weighted by Crippen LogP contribution is -2.33. The van der Waals surface area contributed by atoms with E-state index in [2.05, 4.69) is 4.98 Å². The monoisotopic (exact) mass is 241 g/mol. The van der Waals surface area contributed by atoms with Gasteiger partial charge in [-0.1, -0.05) is 17.7 Å². The molecule has 0 fully saturated rings. The van der Waals surface area contributed by atoms with Gasteiger partial charge in [0.05, 0.1) is 0 Å². The van der Waals surface area contributed by atoms with Gasteiger partial charge in [-0.15, -0.1) is 0 Å². The van der Waals surface area contributed by atoms with Crippen LogP contribution in [0.25, 0.3) is 0 Å². The minimum absolute atomic E-state index is 0.107. The number of carbonyl (C=O) groups excluding carboxylic acids is 1. The van der Waals surface area contributed by atoms with Gasteiger partial charge in [0, 0.05) is 20.1 Å². The summed E-state index contributed by atoms with van der Waals surface area (Å²) in [6.45, 7) is 1.49. The van der Waals surface area contributed by atoms with E-state index >= 15 is 0 Å². The second-order valence-corrected chi connectivity index (χ2v) is 4.26. The zero-order chi connectivity index (χ0) is 12.1. The fraction of sp³-hybridized carbons (Fsp3) is 0.455. The first-order valence-corrected chi connectivity index (χ1v) is 5.41. The van der Waals surface area contributed by atoms with Crippen LogP contribution in [0.3, 0.4) is 0 Å². The van der Waals surface area contributed by atoms with Crippen molar-refractivity contribution in [2.45, 2.75) is 0 Å². The molecule has 0 N–H and O–H groups in total. The summed E-state index contributed by atoms with van der Waals surface area (Å²) in [5, 5.41) is 0.340. The Morgan fingerprint density at radius 3 is 2.56 bits per heavy atom. The highest BCUT2D eigenvalue weighted by Crippen LogP contribution is 2.06. The number of aromatic nitrogens is 1. The van der Waals surface area contributed by atoms with Crippen LogP contribution >= 0.6 is 11.6 Å². The summed E-state index contributed by atoms with van der Waals surface area (Å²) in [5.74, 6) is -0.107. The lowest BCUT2D eigenvalue weighted by Gasteiger charge is -2.19. The summed E-state index contributed by atoms with van der Waals surface area (Å²) in [4.78, 5) is 19.5. The first-order valence-electron chi connectivity index (χ1n) is 5.03. The Hall–Kier alpha value is -1.13. The van der Waals surface area contributed by atoms with Crippen molar-refractivity contribution in [1.29, 1.82) is 0 Å². The number of pyridine rings is 1. The molecule has 1 aromatic heterocycles. The van der Waals surface area contributed by atoms with Crippen molar-refractivity contribution in [2.24, 2.45) is 0 Å². The van der Waals surface area contributed by atoms with Crippen LogP contribution in [0, 0.1) is 0 Å². The van der Waals surface area contributed by atoms with Gasteiger partial charge in [-0.3, -0.25) is 4.79 Å². The van der Waals surface area contributed by atoms with Crippen molar-refractivity contribution in [3.05, 3.63) is 29.0 Å². The van der Waals surface area contributed by atoms with Crippen molar-refractivity contribution in [1.82, 2.24) is 14.8 Å². The van der Waals surface area contributed by atoms with Crippen LogP contribution in [0.15, 0.2) is 18.2 Å². The second kappa shape index (κ2) is 5.82. The molecule has 0 atom stereocenters. The molecule has 0 aliphatic heterocycles. The number of carbonyl (C=O) groups is 1. The minimum Gasteiger partial charge on any atom is -0.339 e. The molecule has 1 rings (SSSR count). The van der Waals surface area contributed by atoms with Crippen molar-refractivity contribution < 1.29 is 4.79 Å². The van der Waals surface area contributed by atoms with Crippen LogP contribution in [0.2, 0.25) is 5.15 Å². The number of rotatable bonds is 4. The lowest BCUT2D eigenvalue weighted by atomic mass is 10.3. The largest absolute Gasteiger partial charge is 0.339 e. The Balaban J connectivity index is 2.63. The van der Waals surface area contributed by atoms with Gasteiger partial charge in [0.15, 0.2) is 0 Å². The van der Waals surface area contributed by atoms with Gasteiger partial charge in [-0.2, -0.15) is 0 Å². The Morgan fingerprint density at radius 1 is 1.31 bits per heavy atom. The Bertz CT molecular complexity index is 368. The van der Waals surface area contributed by atoms with Crippen LogP contribution in [0.4, 0.5) is 0 Å². The molecule has 4 nitrogen and oxygen atoms in total.